The van der Waals surface area contributed by atoms with Gasteiger partial charge in [-0.25, -0.2) is 9.18 Å². The summed E-state index contributed by atoms with van der Waals surface area (Å²) in [5, 5.41) is 11.9. The molecule has 0 bridgehead atoms. The van der Waals surface area contributed by atoms with Crippen molar-refractivity contribution < 1.29 is 14.3 Å². The number of anilines is 1. The van der Waals surface area contributed by atoms with E-state index in [0.29, 0.717) is 5.69 Å². The lowest BCUT2D eigenvalue weighted by atomic mass is 10.1. The smallest absolute Gasteiger partial charge is 0.330 e. The zero-order chi connectivity index (χ0) is 14.7. The molecule has 0 aliphatic carbocycles. The van der Waals surface area contributed by atoms with Crippen molar-refractivity contribution in [3.63, 3.8) is 0 Å². The van der Waals surface area contributed by atoms with Crippen LogP contribution >= 0.6 is 27.5 Å². The van der Waals surface area contributed by atoms with Crippen molar-refractivity contribution in [1.29, 1.82) is 0 Å². The Hall–Kier alpha value is -1.59. The minimum Gasteiger partial charge on any atom is -0.479 e. The van der Waals surface area contributed by atoms with Crippen molar-refractivity contribution in [3.05, 3.63) is 63.3 Å². The average molecular weight is 359 g/mol. The molecule has 6 heteroatoms. The average Bonchev–Trinajstić information content (AvgIpc) is 2.41. The Morgan fingerprint density at radius 3 is 2.50 bits per heavy atom. The maximum atomic E-state index is 13.9. The Balaban J connectivity index is 2.34. The molecule has 0 radical (unpaired) electrons. The van der Waals surface area contributed by atoms with E-state index in [0.717, 1.165) is 4.47 Å². The number of rotatable bonds is 4. The molecule has 2 rings (SSSR count). The van der Waals surface area contributed by atoms with Gasteiger partial charge in [-0.3, -0.25) is 0 Å². The zero-order valence-electron chi connectivity index (χ0n) is 10.1. The zero-order valence-corrected chi connectivity index (χ0v) is 12.5. The van der Waals surface area contributed by atoms with E-state index in [1.807, 2.05) is 0 Å². The van der Waals surface area contributed by atoms with Crippen LogP contribution in [0.4, 0.5) is 10.1 Å². The lowest BCUT2D eigenvalue weighted by Gasteiger charge is -2.17. The summed E-state index contributed by atoms with van der Waals surface area (Å²) in [6.07, 6.45) is 0. The Kier molecular flexibility index (Phi) is 4.62. The molecule has 1 atom stereocenters. The lowest BCUT2D eigenvalue weighted by Crippen LogP contribution is -2.21. The monoisotopic (exact) mass is 357 g/mol. The van der Waals surface area contributed by atoms with E-state index in [4.69, 9.17) is 11.6 Å². The third-order valence-electron chi connectivity index (χ3n) is 2.69. The van der Waals surface area contributed by atoms with Gasteiger partial charge < -0.3 is 10.4 Å². The number of carboxylic acid groups (broad SMARTS) is 1. The summed E-state index contributed by atoms with van der Waals surface area (Å²) >= 11 is 8.97. The van der Waals surface area contributed by atoms with Crippen LogP contribution in [0.2, 0.25) is 5.02 Å². The summed E-state index contributed by atoms with van der Waals surface area (Å²) in [5.41, 5.74) is 0.563. The van der Waals surface area contributed by atoms with Crippen LogP contribution in [0.1, 0.15) is 11.6 Å². The molecule has 2 aromatic carbocycles. The minimum atomic E-state index is -1.21. The van der Waals surface area contributed by atoms with Crippen LogP contribution in [-0.2, 0) is 4.79 Å². The number of aliphatic carboxylic acids is 1. The summed E-state index contributed by atoms with van der Waals surface area (Å²) in [6.45, 7) is 0. The highest BCUT2D eigenvalue weighted by atomic mass is 79.9. The molecule has 20 heavy (non-hydrogen) atoms. The third kappa shape index (κ3) is 3.29. The van der Waals surface area contributed by atoms with Crippen molar-refractivity contribution in [2.24, 2.45) is 0 Å². The molecule has 104 valence electrons. The van der Waals surface area contributed by atoms with Crippen LogP contribution in [-0.4, -0.2) is 11.1 Å². The van der Waals surface area contributed by atoms with Gasteiger partial charge in [-0.1, -0.05) is 39.7 Å². The van der Waals surface area contributed by atoms with Crippen molar-refractivity contribution in [2.75, 3.05) is 5.32 Å². The number of hydrogen-bond acceptors (Lipinski definition) is 2. The fourth-order valence-corrected chi connectivity index (χ4v) is 2.17. The summed E-state index contributed by atoms with van der Waals surface area (Å²) < 4.78 is 14.8. The Morgan fingerprint density at radius 1 is 1.25 bits per heavy atom. The second kappa shape index (κ2) is 6.24. The number of nitrogens with one attached hydrogen (secondary N) is 1. The molecular formula is C14H10BrClFNO2. The standard InChI is InChI=1S/C14H10BrClFNO2/c15-8-4-6-9(7-5-8)18-13(14(19)20)10-2-1-3-11(16)12(10)17/h1-7,13,18H,(H,19,20). The third-order valence-corrected chi connectivity index (χ3v) is 3.52. The van der Waals surface area contributed by atoms with E-state index in [-0.39, 0.29) is 10.6 Å². The van der Waals surface area contributed by atoms with Gasteiger partial charge in [-0.05, 0) is 30.3 Å². The Bertz CT molecular complexity index is 634. The number of hydrogen-bond donors (Lipinski definition) is 2. The largest absolute Gasteiger partial charge is 0.479 e. The van der Waals surface area contributed by atoms with Gasteiger partial charge in [0.2, 0.25) is 0 Å². The highest BCUT2D eigenvalue weighted by molar-refractivity contribution is 9.10. The van der Waals surface area contributed by atoms with Gasteiger partial charge in [0.25, 0.3) is 0 Å². The number of carbonyl (C=O) groups is 1. The Labute approximate surface area is 128 Å². The van der Waals surface area contributed by atoms with Crippen LogP contribution in [0.15, 0.2) is 46.9 Å². The van der Waals surface area contributed by atoms with Gasteiger partial charge in [-0.15, -0.1) is 0 Å². The molecule has 0 aromatic heterocycles. The van der Waals surface area contributed by atoms with Crippen molar-refractivity contribution in [2.45, 2.75) is 6.04 Å². The van der Waals surface area contributed by atoms with Gasteiger partial charge in [-0.2, -0.15) is 0 Å². The molecule has 1 unspecified atom stereocenters. The molecule has 0 saturated heterocycles. The second-order valence-electron chi connectivity index (χ2n) is 4.07. The molecule has 0 amide bonds. The topological polar surface area (TPSA) is 49.3 Å². The molecule has 0 heterocycles. The number of benzene rings is 2. The van der Waals surface area contributed by atoms with Gasteiger partial charge >= 0.3 is 5.97 Å². The SMILES string of the molecule is O=C(O)C(Nc1ccc(Br)cc1)c1cccc(Cl)c1F. The maximum absolute atomic E-state index is 13.9. The van der Waals surface area contributed by atoms with E-state index < -0.39 is 17.8 Å². The van der Waals surface area contributed by atoms with Crippen molar-refractivity contribution in [1.82, 2.24) is 0 Å². The molecule has 3 nitrogen and oxygen atoms in total. The van der Waals surface area contributed by atoms with Gasteiger partial charge in [0.1, 0.15) is 5.82 Å². The van der Waals surface area contributed by atoms with E-state index in [2.05, 4.69) is 21.2 Å². The van der Waals surface area contributed by atoms with Gasteiger partial charge in [0, 0.05) is 15.7 Å². The number of carboxylic acids is 1. The highest BCUT2D eigenvalue weighted by Crippen LogP contribution is 2.27. The molecule has 2 aromatic rings. The second-order valence-corrected chi connectivity index (χ2v) is 5.39. The predicted molar refractivity (Wildman–Crippen MR) is 79.6 cm³/mol. The van der Waals surface area contributed by atoms with Gasteiger partial charge in [0.05, 0.1) is 5.02 Å². The fourth-order valence-electron chi connectivity index (χ4n) is 1.73. The molecule has 0 saturated carbocycles. The van der Waals surface area contributed by atoms with Crippen LogP contribution in [0.5, 0.6) is 0 Å². The summed E-state index contributed by atoms with van der Waals surface area (Å²) in [5.74, 6) is -1.92. The first kappa shape index (κ1) is 14.8. The molecule has 0 spiro atoms. The van der Waals surface area contributed by atoms with E-state index in [1.165, 1.54) is 18.2 Å². The summed E-state index contributed by atoms with van der Waals surface area (Å²) in [6, 6.07) is 9.98. The minimum absolute atomic E-state index is 0.00656. The summed E-state index contributed by atoms with van der Waals surface area (Å²) in [4.78, 5) is 11.4. The molecule has 0 aliphatic heterocycles. The number of halogens is 3. The first-order valence-corrected chi connectivity index (χ1v) is 6.85. The van der Waals surface area contributed by atoms with Crippen LogP contribution in [0.25, 0.3) is 0 Å². The van der Waals surface area contributed by atoms with E-state index in [9.17, 15) is 14.3 Å². The normalized spacial score (nSPS) is 11.9. The molecule has 0 fully saturated rings. The lowest BCUT2D eigenvalue weighted by molar-refractivity contribution is -0.138. The van der Waals surface area contributed by atoms with Crippen LogP contribution in [0.3, 0.4) is 0 Å². The van der Waals surface area contributed by atoms with Crippen molar-refractivity contribution in [3.8, 4) is 0 Å². The molecular weight excluding hydrogens is 349 g/mol. The first-order valence-electron chi connectivity index (χ1n) is 5.68. The summed E-state index contributed by atoms with van der Waals surface area (Å²) in [7, 11) is 0. The maximum Gasteiger partial charge on any atom is 0.330 e. The molecule has 0 aliphatic rings. The quantitative estimate of drug-likeness (QED) is 0.847. The predicted octanol–water partition coefficient (Wildman–Crippen LogP) is 4.48. The fraction of sp³-hybridized carbons (Fsp3) is 0.0714. The van der Waals surface area contributed by atoms with Crippen LogP contribution < -0.4 is 5.32 Å². The van der Waals surface area contributed by atoms with Crippen molar-refractivity contribution >= 4 is 39.2 Å². The van der Waals surface area contributed by atoms with E-state index in [1.54, 1.807) is 24.3 Å². The van der Waals surface area contributed by atoms with E-state index >= 15 is 0 Å². The van der Waals surface area contributed by atoms with Gasteiger partial charge in [0.15, 0.2) is 6.04 Å². The van der Waals surface area contributed by atoms with Crippen LogP contribution in [0, 0.1) is 5.82 Å². The Morgan fingerprint density at radius 2 is 1.90 bits per heavy atom. The highest BCUT2D eigenvalue weighted by Gasteiger charge is 2.24. The first-order chi connectivity index (χ1) is 9.49. The molecule has 2 N–H and O–H groups in total.